The van der Waals surface area contributed by atoms with Crippen LogP contribution in [-0.4, -0.2) is 0 Å². The molecule has 0 atom stereocenters. The Morgan fingerprint density at radius 1 is 0.227 bits per heavy atom. The quantitative estimate of drug-likeness (QED) is 0.150. The summed E-state index contributed by atoms with van der Waals surface area (Å²) in [5.74, 6) is 0. The Hall–Kier alpha value is -9.76. The largest absolute Gasteiger partial charge is 0.310 e. The number of hydrogen-bond acceptors (Lipinski definition) is 2. The lowest BCUT2D eigenvalue weighted by Crippen LogP contribution is -2.26. The molecule has 2 nitrogen and oxygen atoms in total. The predicted octanol–water partition coefficient (Wildman–Crippen LogP) is 19.8. The van der Waals surface area contributed by atoms with Crippen LogP contribution in [0.1, 0.15) is 22.3 Å². The molecule has 0 radical (unpaired) electrons. The van der Waals surface area contributed by atoms with Gasteiger partial charge < -0.3 is 9.80 Å². The summed E-state index contributed by atoms with van der Waals surface area (Å²) in [6.07, 6.45) is 0. The third kappa shape index (κ3) is 6.66. The highest BCUT2D eigenvalue weighted by molar-refractivity contribution is 6.13. The van der Waals surface area contributed by atoms with E-state index >= 15 is 0 Å². The first-order valence-electron chi connectivity index (χ1n) is 26.0. The zero-order valence-electron chi connectivity index (χ0n) is 41.1. The molecule has 13 aromatic carbocycles. The van der Waals surface area contributed by atoms with Crippen LogP contribution in [0.15, 0.2) is 291 Å². The summed E-state index contributed by atoms with van der Waals surface area (Å²) in [5, 5.41) is 7.46. The molecule has 0 bridgehead atoms. The summed E-state index contributed by atoms with van der Waals surface area (Å²) in [5.41, 5.74) is 21.4. The highest BCUT2D eigenvalue weighted by Gasteiger charge is 2.53. The molecule has 2 aliphatic carbocycles. The molecule has 0 amide bonds. The zero-order valence-corrected chi connectivity index (χ0v) is 41.1. The average molecular weight is 953 g/mol. The summed E-state index contributed by atoms with van der Waals surface area (Å²) in [7, 11) is 0. The van der Waals surface area contributed by atoms with Crippen molar-refractivity contribution in [3.05, 3.63) is 313 Å². The molecule has 0 heterocycles. The van der Waals surface area contributed by atoms with E-state index in [4.69, 9.17) is 0 Å². The molecule has 1 spiro atoms. The first-order chi connectivity index (χ1) is 37.2. The second kappa shape index (κ2) is 17.2. The van der Waals surface area contributed by atoms with Gasteiger partial charge in [-0.2, -0.15) is 0 Å². The minimum Gasteiger partial charge on any atom is -0.310 e. The molecule has 0 aromatic heterocycles. The van der Waals surface area contributed by atoms with Gasteiger partial charge in [-0.05, 0) is 172 Å². The van der Waals surface area contributed by atoms with Crippen LogP contribution in [0.4, 0.5) is 34.1 Å². The topological polar surface area (TPSA) is 6.48 Å². The lowest BCUT2D eigenvalue weighted by Gasteiger charge is -2.33. The molecule has 350 valence electrons. The van der Waals surface area contributed by atoms with Crippen molar-refractivity contribution in [2.75, 3.05) is 9.80 Å². The van der Waals surface area contributed by atoms with Gasteiger partial charge >= 0.3 is 0 Å². The molecule has 75 heavy (non-hydrogen) atoms. The van der Waals surface area contributed by atoms with Crippen LogP contribution in [0.5, 0.6) is 0 Å². The standard InChI is InChI=1S/C73H48N2/c1-5-17-49(18-6-1)51-29-36-58(37-30-51)74(56-22-9-3-10-23-56)60-40-44-63-54(47-60)33-42-65-66-43-34-55-48-61(75(57-24-11-4-12-25-57)59-38-31-52(32-39-59)50-19-7-2-8-20-50)41-45-64(55)72(66)73(71(63)65)68-28-16-15-27-67(68)70-62-26-14-13-21-53(62)35-46-69(70)73/h1-48H. The van der Waals surface area contributed by atoms with Gasteiger partial charge in [0.05, 0.1) is 5.41 Å². The van der Waals surface area contributed by atoms with Crippen LogP contribution >= 0.6 is 0 Å². The van der Waals surface area contributed by atoms with E-state index in [9.17, 15) is 0 Å². The SMILES string of the molecule is c1ccc(-c2ccc(N(c3ccccc3)c3ccc4c5c(ccc4c3)-c3ccc4cc(N(c6ccccc6)c6ccc(-c7ccccc7)cc6)ccc4c3C53c4ccccc4-c4c3ccc3ccccc43)cc2)cc1. The van der Waals surface area contributed by atoms with Crippen molar-refractivity contribution in [3.63, 3.8) is 0 Å². The lowest BCUT2D eigenvalue weighted by molar-refractivity contribution is 0.810. The van der Waals surface area contributed by atoms with Gasteiger partial charge in [-0.3, -0.25) is 0 Å². The number of anilines is 6. The molecule has 15 rings (SSSR count). The highest BCUT2D eigenvalue weighted by atomic mass is 15.1. The van der Waals surface area contributed by atoms with E-state index in [0.717, 1.165) is 34.1 Å². The van der Waals surface area contributed by atoms with Crippen molar-refractivity contribution < 1.29 is 0 Å². The van der Waals surface area contributed by atoms with E-state index in [1.165, 1.54) is 99.1 Å². The van der Waals surface area contributed by atoms with Crippen molar-refractivity contribution in [1.29, 1.82) is 0 Å². The van der Waals surface area contributed by atoms with Crippen LogP contribution in [0.3, 0.4) is 0 Å². The van der Waals surface area contributed by atoms with Crippen LogP contribution in [0.25, 0.3) is 76.8 Å². The highest BCUT2D eigenvalue weighted by Crippen LogP contribution is 2.66. The van der Waals surface area contributed by atoms with Crippen molar-refractivity contribution in [2.45, 2.75) is 5.41 Å². The van der Waals surface area contributed by atoms with E-state index < -0.39 is 5.41 Å². The summed E-state index contributed by atoms with van der Waals surface area (Å²) in [6.45, 7) is 0. The molecule has 13 aromatic rings. The van der Waals surface area contributed by atoms with Crippen LogP contribution < -0.4 is 9.80 Å². The molecule has 2 aliphatic rings. The second-order valence-electron chi connectivity index (χ2n) is 20.0. The van der Waals surface area contributed by atoms with Gasteiger partial charge in [0.1, 0.15) is 0 Å². The number of hydrogen-bond donors (Lipinski definition) is 0. The fourth-order valence-corrected chi connectivity index (χ4v) is 12.8. The summed E-state index contributed by atoms with van der Waals surface area (Å²) < 4.78 is 0. The van der Waals surface area contributed by atoms with Gasteiger partial charge in [0.15, 0.2) is 0 Å². The summed E-state index contributed by atoms with van der Waals surface area (Å²) in [4.78, 5) is 4.78. The fraction of sp³-hybridized carbons (Fsp3) is 0.0137. The van der Waals surface area contributed by atoms with Gasteiger partial charge in [0.25, 0.3) is 0 Å². The number of rotatable bonds is 8. The Bertz CT molecular complexity index is 4100. The Morgan fingerprint density at radius 3 is 1.15 bits per heavy atom. The maximum Gasteiger partial charge on any atom is 0.0737 e. The van der Waals surface area contributed by atoms with E-state index in [0.29, 0.717) is 0 Å². The summed E-state index contributed by atoms with van der Waals surface area (Å²) >= 11 is 0. The van der Waals surface area contributed by atoms with Gasteiger partial charge in [-0.1, -0.05) is 218 Å². The monoisotopic (exact) mass is 952 g/mol. The van der Waals surface area contributed by atoms with Gasteiger partial charge in [0.2, 0.25) is 0 Å². The first kappa shape index (κ1) is 42.9. The van der Waals surface area contributed by atoms with Crippen molar-refractivity contribution in [1.82, 2.24) is 0 Å². The maximum absolute atomic E-state index is 2.45. The Kier molecular flexibility index (Phi) is 9.83. The van der Waals surface area contributed by atoms with Crippen molar-refractivity contribution >= 4 is 66.4 Å². The van der Waals surface area contributed by atoms with E-state index in [1.54, 1.807) is 0 Å². The number of benzene rings is 13. The van der Waals surface area contributed by atoms with Crippen LogP contribution in [0, 0.1) is 0 Å². The molecule has 2 heteroatoms. The molecular weight excluding hydrogens is 905 g/mol. The summed E-state index contributed by atoms with van der Waals surface area (Å²) in [6, 6.07) is 108. The molecule has 0 saturated carbocycles. The van der Waals surface area contributed by atoms with E-state index in [-0.39, 0.29) is 0 Å². The lowest BCUT2D eigenvalue weighted by atomic mass is 9.68. The van der Waals surface area contributed by atoms with E-state index in [2.05, 4.69) is 301 Å². The zero-order chi connectivity index (χ0) is 49.5. The smallest absolute Gasteiger partial charge is 0.0737 e. The molecule has 0 saturated heterocycles. The normalized spacial score (nSPS) is 12.6. The Morgan fingerprint density at radius 2 is 0.627 bits per heavy atom. The van der Waals surface area contributed by atoms with Gasteiger partial charge in [-0.15, -0.1) is 0 Å². The number of fused-ring (bicyclic) bond motifs is 16. The molecule has 0 fully saturated rings. The maximum atomic E-state index is 2.45. The van der Waals surface area contributed by atoms with Crippen molar-refractivity contribution in [2.24, 2.45) is 0 Å². The van der Waals surface area contributed by atoms with Crippen molar-refractivity contribution in [3.8, 4) is 44.5 Å². The number of para-hydroxylation sites is 2. The molecule has 0 N–H and O–H groups in total. The number of nitrogens with zero attached hydrogens (tertiary/aromatic N) is 2. The first-order valence-corrected chi connectivity index (χ1v) is 26.0. The molecular formula is C73H48N2. The van der Waals surface area contributed by atoms with Crippen LogP contribution in [-0.2, 0) is 5.41 Å². The Balaban J connectivity index is 0.943. The third-order valence-electron chi connectivity index (χ3n) is 16.0. The minimum absolute atomic E-state index is 0.610. The predicted molar refractivity (Wildman–Crippen MR) is 315 cm³/mol. The van der Waals surface area contributed by atoms with Gasteiger partial charge in [-0.25, -0.2) is 0 Å². The average Bonchev–Trinajstić information content (AvgIpc) is 4.20. The molecule has 0 aliphatic heterocycles. The second-order valence-corrected chi connectivity index (χ2v) is 20.0. The van der Waals surface area contributed by atoms with E-state index in [1.807, 2.05) is 0 Å². The Labute approximate surface area is 437 Å². The minimum atomic E-state index is -0.610. The van der Waals surface area contributed by atoms with Gasteiger partial charge in [0, 0.05) is 34.1 Å². The third-order valence-corrected chi connectivity index (χ3v) is 16.0. The fourth-order valence-electron chi connectivity index (χ4n) is 12.8. The van der Waals surface area contributed by atoms with Crippen LogP contribution in [0.2, 0.25) is 0 Å². The molecule has 0 unspecified atom stereocenters.